The largest absolute Gasteiger partial charge is 0.478 e. The zero-order valence-electron chi connectivity index (χ0n) is 8.80. The highest BCUT2D eigenvalue weighted by molar-refractivity contribution is 14.1. The second-order valence-electron chi connectivity index (χ2n) is 3.23. The van der Waals surface area contributed by atoms with Gasteiger partial charge in [-0.15, -0.1) is 0 Å². The van der Waals surface area contributed by atoms with Crippen molar-refractivity contribution in [3.8, 4) is 0 Å². The van der Waals surface area contributed by atoms with Crippen LogP contribution >= 0.6 is 34.4 Å². The summed E-state index contributed by atoms with van der Waals surface area (Å²) in [6, 6.07) is 3.66. The van der Waals surface area contributed by atoms with Gasteiger partial charge in [0.15, 0.2) is 0 Å². The Morgan fingerprint density at radius 1 is 1.44 bits per heavy atom. The molecule has 1 N–H and O–H groups in total. The highest BCUT2D eigenvalue weighted by atomic mass is 127. The van der Waals surface area contributed by atoms with Gasteiger partial charge in [0.25, 0.3) is 0 Å². The van der Waals surface area contributed by atoms with E-state index in [9.17, 15) is 9.18 Å². The highest BCUT2D eigenvalue weighted by Gasteiger charge is 2.11. The molecule has 0 bridgehead atoms. The molecule has 0 atom stereocenters. The number of benzene rings is 1. The van der Waals surface area contributed by atoms with E-state index in [1.54, 1.807) is 6.20 Å². The van der Waals surface area contributed by atoms with Crippen LogP contribution in [0.2, 0.25) is 0 Å². The molecule has 1 aromatic heterocycles. The molecule has 0 spiro atoms. The number of aromatic carboxylic acids is 1. The first-order valence-electron chi connectivity index (χ1n) is 4.74. The molecule has 18 heavy (non-hydrogen) atoms. The standard InChI is InChI=1S/C11H6FIN2O2S/c12-7-2-1-6(11(16)17)3-9(7)18-10-8(13)4-14-5-15-10/h1-5H,(H,16,17). The van der Waals surface area contributed by atoms with Gasteiger partial charge >= 0.3 is 5.97 Å². The molecule has 0 saturated carbocycles. The van der Waals surface area contributed by atoms with Crippen LogP contribution in [0.25, 0.3) is 0 Å². The highest BCUT2D eigenvalue weighted by Crippen LogP contribution is 2.31. The lowest BCUT2D eigenvalue weighted by Crippen LogP contribution is -1.97. The monoisotopic (exact) mass is 376 g/mol. The van der Waals surface area contributed by atoms with Crippen LogP contribution in [0.5, 0.6) is 0 Å². The number of aromatic nitrogens is 2. The minimum Gasteiger partial charge on any atom is -0.478 e. The summed E-state index contributed by atoms with van der Waals surface area (Å²) in [6.07, 6.45) is 2.97. The number of carbonyl (C=O) groups is 1. The van der Waals surface area contributed by atoms with Gasteiger partial charge in [-0.2, -0.15) is 0 Å². The van der Waals surface area contributed by atoms with E-state index in [0.29, 0.717) is 5.03 Å². The Bertz CT molecular complexity index is 609. The van der Waals surface area contributed by atoms with Crippen molar-refractivity contribution in [2.75, 3.05) is 0 Å². The van der Waals surface area contributed by atoms with Crippen molar-refractivity contribution < 1.29 is 14.3 Å². The fourth-order valence-corrected chi connectivity index (χ4v) is 2.64. The average molecular weight is 376 g/mol. The van der Waals surface area contributed by atoms with Gasteiger partial charge in [-0.05, 0) is 40.8 Å². The van der Waals surface area contributed by atoms with Crippen molar-refractivity contribution in [3.63, 3.8) is 0 Å². The maximum absolute atomic E-state index is 13.6. The third-order valence-electron chi connectivity index (χ3n) is 2.02. The molecule has 0 unspecified atom stereocenters. The van der Waals surface area contributed by atoms with Crippen molar-refractivity contribution >= 4 is 40.3 Å². The minimum absolute atomic E-state index is 0.0444. The number of halogens is 2. The maximum Gasteiger partial charge on any atom is 0.335 e. The molecule has 1 heterocycles. The van der Waals surface area contributed by atoms with Crippen LogP contribution in [0.4, 0.5) is 4.39 Å². The van der Waals surface area contributed by atoms with Gasteiger partial charge in [0.2, 0.25) is 0 Å². The van der Waals surface area contributed by atoms with Crippen LogP contribution in [0.15, 0.2) is 40.6 Å². The Hall–Kier alpha value is -1.22. The second-order valence-corrected chi connectivity index (χ2v) is 5.42. The molecule has 2 rings (SSSR count). The smallest absolute Gasteiger partial charge is 0.335 e. The fraction of sp³-hybridized carbons (Fsp3) is 0. The molecule has 0 aliphatic rings. The van der Waals surface area contributed by atoms with E-state index < -0.39 is 11.8 Å². The predicted octanol–water partition coefficient (Wildman–Crippen LogP) is 3.07. The molecular weight excluding hydrogens is 370 g/mol. The van der Waals surface area contributed by atoms with Gasteiger partial charge in [-0.25, -0.2) is 19.2 Å². The Balaban J connectivity index is 2.37. The van der Waals surface area contributed by atoms with Gasteiger partial charge in [0, 0.05) is 6.20 Å². The summed E-state index contributed by atoms with van der Waals surface area (Å²) in [7, 11) is 0. The molecule has 4 nitrogen and oxygen atoms in total. The van der Waals surface area contributed by atoms with Crippen molar-refractivity contribution in [2.24, 2.45) is 0 Å². The number of rotatable bonds is 3. The third kappa shape index (κ3) is 2.96. The maximum atomic E-state index is 13.6. The van der Waals surface area contributed by atoms with Crippen molar-refractivity contribution in [2.45, 2.75) is 9.92 Å². The van der Waals surface area contributed by atoms with Crippen LogP contribution in [0.3, 0.4) is 0 Å². The molecule has 0 aliphatic heterocycles. The number of carboxylic acid groups (broad SMARTS) is 1. The van der Waals surface area contributed by atoms with Crippen LogP contribution in [0, 0.1) is 9.39 Å². The van der Waals surface area contributed by atoms with Crippen LogP contribution in [-0.2, 0) is 0 Å². The fourth-order valence-electron chi connectivity index (χ4n) is 1.20. The van der Waals surface area contributed by atoms with E-state index in [4.69, 9.17) is 5.11 Å². The van der Waals surface area contributed by atoms with E-state index in [1.165, 1.54) is 18.5 Å². The van der Waals surface area contributed by atoms with Gasteiger partial charge in [-0.1, -0.05) is 11.8 Å². The van der Waals surface area contributed by atoms with Crippen LogP contribution < -0.4 is 0 Å². The van der Waals surface area contributed by atoms with Crippen molar-refractivity contribution in [3.05, 3.63) is 45.7 Å². The lowest BCUT2D eigenvalue weighted by Gasteiger charge is -2.05. The van der Waals surface area contributed by atoms with Gasteiger partial charge in [0.1, 0.15) is 17.2 Å². The van der Waals surface area contributed by atoms with Gasteiger partial charge < -0.3 is 5.11 Å². The molecule has 2 aromatic rings. The normalized spacial score (nSPS) is 10.3. The summed E-state index contributed by atoms with van der Waals surface area (Å²) in [5.41, 5.74) is 0.0444. The summed E-state index contributed by atoms with van der Waals surface area (Å²) >= 11 is 3.11. The SMILES string of the molecule is O=C(O)c1ccc(F)c(Sc2ncncc2I)c1. The lowest BCUT2D eigenvalue weighted by molar-refractivity contribution is 0.0696. The average Bonchev–Trinajstić information content (AvgIpc) is 2.34. The third-order valence-corrected chi connectivity index (χ3v) is 4.23. The molecule has 7 heteroatoms. The Kier molecular flexibility index (Phi) is 4.12. The van der Waals surface area contributed by atoms with E-state index >= 15 is 0 Å². The van der Waals surface area contributed by atoms with E-state index in [1.807, 2.05) is 22.6 Å². The number of carboxylic acids is 1. The number of nitrogens with zero attached hydrogens (tertiary/aromatic N) is 2. The molecule has 92 valence electrons. The van der Waals surface area contributed by atoms with E-state index in [-0.39, 0.29) is 10.5 Å². The zero-order chi connectivity index (χ0) is 13.1. The molecular formula is C11H6FIN2O2S. The molecule has 0 radical (unpaired) electrons. The Labute approximate surface area is 120 Å². The van der Waals surface area contributed by atoms with Crippen LogP contribution in [0.1, 0.15) is 10.4 Å². The molecule has 0 fully saturated rings. The molecule has 0 saturated heterocycles. The van der Waals surface area contributed by atoms with Crippen molar-refractivity contribution in [1.82, 2.24) is 9.97 Å². The molecule has 1 aromatic carbocycles. The summed E-state index contributed by atoms with van der Waals surface area (Å²) in [5, 5.41) is 9.45. The minimum atomic E-state index is -1.09. The summed E-state index contributed by atoms with van der Waals surface area (Å²) in [6.45, 7) is 0. The lowest BCUT2D eigenvalue weighted by atomic mass is 10.2. The first kappa shape index (κ1) is 13.2. The quantitative estimate of drug-likeness (QED) is 0.659. The van der Waals surface area contributed by atoms with E-state index in [2.05, 4.69) is 9.97 Å². The first-order chi connectivity index (χ1) is 8.58. The summed E-state index contributed by atoms with van der Waals surface area (Å²) < 4.78 is 14.4. The number of hydrogen-bond acceptors (Lipinski definition) is 4. The second kappa shape index (κ2) is 5.61. The Morgan fingerprint density at radius 2 is 2.22 bits per heavy atom. The van der Waals surface area contributed by atoms with Crippen molar-refractivity contribution in [1.29, 1.82) is 0 Å². The van der Waals surface area contributed by atoms with Gasteiger partial charge in [0.05, 0.1) is 14.0 Å². The Morgan fingerprint density at radius 3 is 2.89 bits per heavy atom. The predicted molar refractivity (Wildman–Crippen MR) is 72.2 cm³/mol. The zero-order valence-corrected chi connectivity index (χ0v) is 11.8. The van der Waals surface area contributed by atoms with E-state index in [0.717, 1.165) is 21.4 Å². The summed E-state index contributed by atoms with van der Waals surface area (Å²) in [4.78, 5) is 18.9. The summed E-state index contributed by atoms with van der Waals surface area (Å²) in [5.74, 6) is -1.56. The molecule has 0 amide bonds. The van der Waals surface area contributed by atoms with Crippen LogP contribution in [-0.4, -0.2) is 21.0 Å². The molecule has 0 aliphatic carbocycles. The number of hydrogen-bond donors (Lipinski definition) is 1. The topological polar surface area (TPSA) is 63.1 Å². The van der Waals surface area contributed by atoms with Gasteiger partial charge in [-0.3, -0.25) is 0 Å². The first-order valence-corrected chi connectivity index (χ1v) is 6.63.